The number of rotatable bonds is 1. The fourth-order valence-corrected chi connectivity index (χ4v) is 3.54. The lowest BCUT2D eigenvalue weighted by Crippen LogP contribution is -2.11. The van der Waals surface area contributed by atoms with Crippen LogP contribution in [0.5, 0.6) is 0 Å². The molecule has 0 spiro atoms. The second kappa shape index (κ2) is 4.62. The molecule has 0 aliphatic carbocycles. The van der Waals surface area contributed by atoms with Gasteiger partial charge in [0.05, 0.1) is 0 Å². The van der Waals surface area contributed by atoms with Crippen molar-refractivity contribution < 1.29 is 4.79 Å². The molecule has 0 saturated carbocycles. The molecule has 0 bridgehead atoms. The van der Waals surface area contributed by atoms with E-state index in [1.165, 1.54) is 11.1 Å². The molecule has 0 amide bonds. The summed E-state index contributed by atoms with van der Waals surface area (Å²) < 4.78 is 0. The Morgan fingerprint density at radius 2 is 1.78 bits per heavy atom. The number of fused-ring (bicyclic) bond motifs is 1. The first-order valence-corrected chi connectivity index (χ1v) is 6.97. The maximum atomic E-state index is 12.1. The van der Waals surface area contributed by atoms with Crippen molar-refractivity contribution in [1.29, 1.82) is 0 Å². The lowest BCUT2D eigenvalue weighted by molar-refractivity contribution is 0.0976. The molecule has 1 aliphatic rings. The molecular weight excluding hydrogens is 240 g/mol. The van der Waals surface area contributed by atoms with E-state index >= 15 is 0 Å². The molecule has 1 heterocycles. The van der Waals surface area contributed by atoms with Crippen molar-refractivity contribution in [3.63, 3.8) is 0 Å². The van der Waals surface area contributed by atoms with Crippen molar-refractivity contribution >= 4 is 17.5 Å². The molecule has 0 saturated heterocycles. The van der Waals surface area contributed by atoms with E-state index in [4.69, 9.17) is 0 Å². The summed E-state index contributed by atoms with van der Waals surface area (Å²) >= 11 is 1.80. The van der Waals surface area contributed by atoms with E-state index in [-0.39, 0.29) is 11.0 Å². The number of hydrogen-bond donors (Lipinski definition) is 0. The Balaban J connectivity index is 1.94. The van der Waals surface area contributed by atoms with Crippen LogP contribution >= 0.6 is 11.8 Å². The minimum Gasteiger partial charge on any atom is -0.294 e. The topological polar surface area (TPSA) is 17.1 Å². The molecule has 2 heteroatoms. The summed E-state index contributed by atoms with van der Waals surface area (Å²) in [4.78, 5) is 13.2. The Labute approximate surface area is 111 Å². The molecule has 0 radical (unpaired) electrons. The second-order valence-corrected chi connectivity index (χ2v) is 5.89. The molecule has 1 aliphatic heterocycles. The predicted octanol–water partition coefficient (Wildman–Crippen LogP) is 4.41. The molecule has 0 N–H and O–H groups in total. The van der Waals surface area contributed by atoms with Crippen LogP contribution in [0.2, 0.25) is 0 Å². The summed E-state index contributed by atoms with van der Waals surface area (Å²) in [6.45, 7) is 2.08. The standard InChI is InChI=1S/C16H14OS/c1-11-6-8-12(9-7-11)16-10-14(17)13-4-2-3-5-15(13)18-16/h2-9,16H,10H2,1H3. The van der Waals surface area contributed by atoms with E-state index in [1.807, 2.05) is 24.3 Å². The molecule has 1 nitrogen and oxygen atoms in total. The molecule has 3 rings (SSSR count). The van der Waals surface area contributed by atoms with Crippen LogP contribution in [0.1, 0.15) is 33.2 Å². The van der Waals surface area contributed by atoms with Crippen LogP contribution in [0, 0.1) is 6.92 Å². The third-order valence-corrected chi connectivity index (χ3v) is 4.61. The van der Waals surface area contributed by atoms with Crippen molar-refractivity contribution in [1.82, 2.24) is 0 Å². The molecule has 2 aromatic carbocycles. The summed E-state index contributed by atoms with van der Waals surface area (Å²) in [5, 5.41) is 0.257. The first kappa shape index (κ1) is 11.5. The van der Waals surface area contributed by atoms with Gasteiger partial charge in [0, 0.05) is 22.1 Å². The SMILES string of the molecule is Cc1ccc(C2CC(=O)c3ccccc3S2)cc1. The summed E-state index contributed by atoms with van der Waals surface area (Å²) in [5.74, 6) is 0.259. The third kappa shape index (κ3) is 2.08. The van der Waals surface area contributed by atoms with Crippen LogP contribution in [0.15, 0.2) is 53.4 Å². The van der Waals surface area contributed by atoms with Crippen LogP contribution in [0.4, 0.5) is 0 Å². The molecule has 18 heavy (non-hydrogen) atoms. The van der Waals surface area contributed by atoms with Crippen LogP contribution in [-0.4, -0.2) is 5.78 Å². The molecule has 0 aromatic heterocycles. The Morgan fingerprint density at radius 3 is 2.56 bits per heavy atom. The monoisotopic (exact) mass is 254 g/mol. The number of thioether (sulfide) groups is 1. The predicted molar refractivity (Wildman–Crippen MR) is 75.2 cm³/mol. The summed E-state index contributed by atoms with van der Waals surface area (Å²) in [5.41, 5.74) is 3.38. The van der Waals surface area contributed by atoms with Gasteiger partial charge in [-0.3, -0.25) is 4.79 Å². The first-order valence-electron chi connectivity index (χ1n) is 6.09. The molecular formula is C16H14OS. The van der Waals surface area contributed by atoms with E-state index in [9.17, 15) is 4.79 Å². The van der Waals surface area contributed by atoms with Crippen molar-refractivity contribution in [3.05, 3.63) is 65.2 Å². The van der Waals surface area contributed by atoms with Gasteiger partial charge in [0.2, 0.25) is 0 Å². The second-order valence-electron chi connectivity index (χ2n) is 4.64. The number of Topliss-reactive ketones (excluding diaryl/α,β-unsaturated/α-hetero) is 1. The van der Waals surface area contributed by atoms with E-state index in [0.29, 0.717) is 6.42 Å². The van der Waals surface area contributed by atoms with Gasteiger partial charge < -0.3 is 0 Å². The van der Waals surface area contributed by atoms with E-state index in [1.54, 1.807) is 11.8 Å². The summed E-state index contributed by atoms with van der Waals surface area (Å²) in [6, 6.07) is 16.4. The van der Waals surface area contributed by atoms with Gasteiger partial charge in [-0.15, -0.1) is 11.8 Å². The highest BCUT2D eigenvalue weighted by molar-refractivity contribution is 7.99. The van der Waals surface area contributed by atoms with Gasteiger partial charge in [0.25, 0.3) is 0 Å². The van der Waals surface area contributed by atoms with Gasteiger partial charge in [0.1, 0.15) is 0 Å². The normalized spacial score (nSPS) is 18.5. The number of carbonyl (C=O) groups is 1. The highest BCUT2D eigenvalue weighted by Crippen LogP contribution is 2.44. The third-order valence-electron chi connectivity index (χ3n) is 3.28. The Bertz CT molecular complexity index is 586. The highest BCUT2D eigenvalue weighted by Gasteiger charge is 2.26. The average molecular weight is 254 g/mol. The molecule has 0 fully saturated rings. The molecule has 90 valence electrons. The smallest absolute Gasteiger partial charge is 0.165 e. The zero-order valence-electron chi connectivity index (χ0n) is 10.2. The minimum absolute atomic E-state index is 0.257. The fourth-order valence-electron chi connectivity index (χ4n) is 2.24. The zero-order chi connectivity index (χ0) is 12.5. The number of benzene rings is 2. The van der Waals surface area contributed by atoms with Gasteiger partial charge in [0.15, 0.2) is 5.78 Å². The highest BCUT2D eigenvalue weighted by atomic mass is 32.2. The van der Waals surface area contributed by atoms with Crippen molar-refractivity contribution in [2.24, 2.45) is 0 Å². The summed E-state index contributed by atoms with van der Waals surface area (Å²) in [6.07, 6.45) is 0.602. The molecule has 1 unspecified atom stereocenters. The first-order chi connectivity index (χ1) is 8.74. The maximum Gasteiger partial charge on any atom is 0.165 e. The van der Waals surface area contributed by atoms with Crippen molar-refractivity contribution in [2.75, 3.05) is 0 Å². The van der Waals surface area contributed by atoms with Gasteiger partial charge in [-0.2, -0.15) is 0 Å². The molecule has 2 aromatic rings. The largest absolute Gasteiger partial charge is 0.294 e. The van der Waals surface area contributed by atoms with Gasteiger partial charge in [-0.1, -0.05) is 48.0 Å². The minimum atomic E-state index is 0.257. The number of carbonyl (C=O) groups excluding carboxylic acids is 1. The Hall–Kier alpha value is -1.54. The lowest BCUT2D eigenvalue weighted by atomic mass is 10.0. The quantitative estimate of drug-likeness (QED) is 0.749. The van der Waals surface area contributed by atoms with Crippen molar-refractivity contribution in [2.45, 2.75) is 23.5 Å². The van der Waals surface area contributed by atoms with Crippen LogP contribution < -0.4 is 0 Å². The van der Waals surface area contributed by atoms with Crippen LogP contribution in [0.25, 0.3) is 0 Å². The maximum absolute atomic E-state index is 12.1. The summed E-state index contributed by atoms with van der Waals surface area (Å²) in [7, 11) is 0. The van der Waals surface area contributed by atoms with Crippen LogP contribution in [-0.2, 0) is 0 Å². The van der Waals surface area contributed by atoms with Gasteiger partial charge in [-0.25, -0.2) is 0 Å². The lowest BCUT2D eigenvalue weighted by Gasteiger charge is -2.23. The zero-order valence-corrected chi connectivity index (χ0v) is 11.0. The average Bonchev–Trinajstić information content (AvgIpc) is 2.39. The number of aryl methyl sites for hydroxylation is 1. The van der Waals surface area contributed by atoms with Crippen molar-refractivity contribution in [3.8, 4) is 0 Å². The van der Waals surface area contributed by atoms with Gasteiger partial charge in [-0.05, 0) is 18.6 Å². The van der Waals surface area contributed by atoms with Gasteiger partial charge >= 0.3 is 0 Å². The molecule has 1 atom stereocenters. The van der Waals surface area contributed by atoms with E-state index in [0.717, 1.165) is 10.5 Å². The van der Waals surface area contributed by atoms with E-state index in [2.05, 4.69) is 31.2 Å². The Kier molecular flexibility index (Phi) is 2.96. The number of hydrogen-bond acceptors (Lipinski definition) is 2. The Morgan fingerprint density at radius 1 is 1.06 bits per heavy atom. The number of ketones is 1. The fraction of sp³-hybridized carbons (Fsp3) is 0.188. The van der Waals surface area contributed by atoms with Crippen LogP contribution in [0.3, 0.4) is 0 Å². The van der Waals surface area contributed by atoms with E-state index < -0.39 is 0 Å².